The summed E-state index contributed by atoms with van der Waals surface area (Å²) in [6, 6.07) is 3.26. The number of hydrogen-bond acceptors (Lipinski definition) is 4. The lowest BCUT2D eigenvalue weighted by molar-refractivity contribution is -0.119. The third-order valence-corrected chi connectivity index (χ3v) is 5.89. The van der Waals surface area contributed by atoms with Crippen LogP contribution in [0.4, 0.5) is 0 Å². The van der Waals surface area contributed by atoms with Gasteiger partial charge in [0.1, 0.15) is 4.21 Å². The van der Waals surface area contributed by atoms with Crippen LogP contribution in [0.15, 0.2) is 21.7 Å². The van der Waals surface area contributed by atoms with Crippen LogP contribution in [0.5, 0.6) is 0 Å². The van der Waals surface area contributed by atoms with Gasteiger partial charge in [-0.1, -0.05) is 6.07 Å². The molecular weight excluding hydrogens is 260 g/mol. The molecule has 17 heavy (non-hydrogen) atoms. The van der Waals surface area contributed by atoms with Gasteiger partial charge in [-0.15, -0.1) is 11.3 Å². The van der Waals surface area contributed by atoms with Crippen LogP contribution in [0.2, 0.25) is 0 Å². The Bertz CT molecular complexity index is 496. The van der Waals surface area contributed by atoms with Gasteiger partial charge in [-0.2, -0.15) is 4.31 Å². The van der Waals surface area contributed by atoms with Gasteiger partial charge >= 0.3 is 0 Å². The zero-order valence-electron chi connectivity index (χ0n) is 9.42. The SMILES string of the molecule is CC(=O)NC1CCN(S(=O)(=O)c2cccs2)C1. The summed E-state index contributed by atoms with van der Waals surface area (Å²) in [6.07, 6.45) is 0.671. The predicted molar refractivity (Wildman–Crippen MR) is 65.3 cm³/mol. The van der Waals surface area contributed by atoms with Crippen LogP contribution in [0.3, 0.4) is 0 Å². The average molecular weight is 274 g/mol. The summed E-state index contributed by atoms with van der Waals surface area (Å²) in [5, 5.41) is 4.49. The summed E-state index contributed by atoms with van der Waals surface area (Å²) in [5.74, 6) is -0.120. The number of nitrogens with one attached hydrogen (secondary N) is 1. The summed E-state index contributed by atoms with van der Waals surface area (Å²) in [6.45, 7) is 2.27. The van der Waals surface area contributed by atoms with Crippen LogP contribution < -0.4 is 5.32 Å². The Morgan fingerprint density at radius 1 is 1.59 bits per heavy atom. The fourth-order valence-corrected chi connectivity index (χ4v) is 4.53. The van der Waals surface area contributed by atoms with Gasteiger partial charge in [0.05, 0.1) is 0 Å². The molecule has 0 radical (unpaired) electrons. The van der Waals surface area contributed by atoms with Crippen molar-refractivity contribution in [3.8, 4) is 0 Å². The highest BCUT2D eigenvalue weighted by molar-refractivity contribution is 7.91. The molecule has 1 saturated heterocycles. The van der Waals surface area contributed by atoms with E-state index in [0.29, 0.717) is 23.7 Å². The van der Waals surface area contributed by atoms with E-state index < -0.39 is 10.0 Å². The molecule has 1 aromatic rings. The molecular formula is C10H14N2O3S2. The van der Waals surface area contributed by atoms with Crippen molar-refractivity contribution in [2.75, 3.05) is 13.1 Å². The zero-order chi connectivity index (χ0) is 12.5. The normalized spacial score (nSPS) is 21.6. The van der Waals surface area contributed by atoms with E-state index in [2.05, 4.69) is 5.32 Å². The molecule has 0 bridgehead atoms. The largest absolute Gasteiger partial charge is 0.352 e. The molecule has 94 valence electrons. The van der Waals surface area contributed by atoms with Crippen LogP contribution >= 0.6 is 11.3 Å². The zero-order valence-corrected chi connectivity index (χ0v) is 11.1. The Kier molecular flexibility index (Phi) is 3.50. The lowest BCUT2D eigenvalue weighted by Gasteiger charge is -2.15. The van der Waals surface area contributed by atoms with Crippen molar-refractivity contribution in [2.45, 2.75) is 23.6 Å². The second kappa shape index (κ2) is 4.75. The molecule has 7 heteroatoms. The fraction of sp³-hybridized carbons (Fsp3) is 0.500. The first kappa shape index (κ1) is 12.5. The number of carbonyl (C=O) groups excluding carboxylic acids is 1. The monoisotopic (exact) mass is 274 g/mol. The molecule has 1 aromatic heterocycles. The van der Waals surface area contributed by atoms with E-state index in [-0.39, 0.29) is 11.9 Å². The van der Waals surface area contributed by atoms with Crippen LogP contribution in [0.25, 0.3) is 0 Å². The van der Waals surface area contributed by atoms with Gasteiger partial charge in [0.25, 0.3) is 10.0 Å². The van der Waals surface area contributed by atoms with E-state index >= 15 is 0 Å². The van der Waals surface area contributed by atoms with Crippen molar-refractivity contribution < 1.29 is 13.2 Å². The molecule has 0 spiro atoms. The third kappa shape index (κ3) is 2.67. The van der Waals surface area contributed by atoms with Gasteiger partial charge in [0.2, 0.25) is 5.91 Å². The van der Waals surface area contributed by atoms with E-state index in [0.717, 1.165) is 0 Å². The summed E-state index contributed by atoms with van der Waals surface area (Å²) in [7, 11) is -3.36. The molecule has 1 N–H and O–H groups in total. The first-order valence-electron chi connectivity index (χ1n) is 5.31. The van der Waals surface area contributed by atoms with Gasteiger partial charge in [-0.05, 0) is 17.9 Å². The molecule has 2 heterocycles. The first-order chi connectivity index (χ1) is 8.00. The van der Waals surface area contributed by atoms with Gasteiger partial charge in [-0.25, -0.2) is 8.42 Å². The minimum atomic E-state index is -3.36. The maximum atomic E-state index is 12.2. The van der Waals surface area contributed by atoms with Crippen molar-refractivity contribution >= 4 is 27.3 Å². The minimum Gasteiger partial charge on any atom is -0.352 e. The molecule has 1 unspecified atom stereocenters. The molecule has 1 fully saturated rings. The highest BCUT2D eigenvalue weighted by Crippen LogP contribution is 2.24. The Hall–Kier alpha value is -0.920. The van der Waals surface area contributed by atoms with Crippen molar-refractivity contribution in [1.82, 2.24) is 9.62 Å². The molecule has 1 atom stereocenters. The highest BCUT2D eigenvalue weighted by atomic mass is 32.2. The molecule has 0 aliphatic carbocycles. The summed E-state index contributed by atoms with van der Waals surface area (Å²) >= 11 is 1.21. The fourth-order valence-electron chi connectivity index (χ4n) is 1.89. The van der Waals surface area contributed by atoms with Crippen LogP contribution in [-0.2, 0) is 14.8 Å². The van der Waals surface area contributed by atoms with Crippen LogP contribution in [0, 0.1) is 0 Å². The highest BCUT2D eigenvalue weighted by Gasteiger charge is 2.33. The van der Waals surface area contributed by atoms with Crippen molar-refractivity contribution in [3.05, 3.63) is 17.5 Å². The average Bonchev–Trinajstić information content (AvgIpc) is 2.85. The maximum absolute atomic E-state index is 12.2. The van der Waals surface area contributed by atoms with Crippen LogP contribution in [-0.4, -0.2) is 37.8 Å². The van der Waals surface area contributed by atoms with Gasteiger partial charge in [0, 0.05) is 26.1 Å². The number of sulfonamides is 1. The molecule has 2 rings (SSSR count). The standard InChI is InChI=1S/C10H14N2O3S2/c1-8(13)11-9-4-5-12(7-9)17(14,15)10-3-2-6-16-10/h2-3,6,9H,4-5,7H2,1H3,(H,11,13). The number of rotatable bonds is 3. The van der Waals surface area contributed by atoms with Gasteiger partial charge in [0.15, 0.2) is 0 Å². The summed E-state index contributed by atoms with van der Waals surface area (Å²) in [5.41, 5.74) is 0. The van der Waals surface area contributed by atoms with Crippen molar-refractivity contribution in [1.29, 1.82) is 0 Å². The Balaban J connectivity index is 2.08. The Morgan fingerprint density at radius 2 is 2.35 bits per heavy atom. The molecule has 1 amide bonds. The molecule has 5 nitrogen and oxygen atoms in total. The second-order valence-electron chi connectivity index (χ2n) is 3.98. The van der Waals surface area contributed by atoms with Crippen LogP contribution in [0.1, 0.15) is 13.3 Å². The van der Waals surface area contributed by atoms with E-state index in [1.165, 1.54) is 22.6 Å². The maximum Gasteiger partial charge on any atom is 0.252 e. The summed E-state index contributed by atoms with van der Waals surface area (Å²) < 4.78 is 26.1. The van der Waals surface area contributed by atoms with E-state index in [1.807, 2.05) is 0 Å². The molecule has 0 aromatic carbocycles. The molecule has 0 saturated carbocycles. The van der Waals surface area contributed by atoms with Gasteiger partial charge in [-0.3, -0.25) is 4.79 Å². The Morgan fingerprint density at radius 3 is 2.94 bits per heavy atom. The third-order valence-electron chi connectivity index (χ3n) is 2.65. The Labute approximate surface area is 104 Å². The predicted octanol–water partition coefficient (Wildman–Crippen LogP) is 0.647. The van der Waals surface area contributed by atoms with Crippen molar-refractivity contribution in [3.63, 3.8) is 0 Å². The van der Waals surface area contributed by atoms with Crippen molar-refractivity contribution in [2.24, 2.45) is 0 Å². The minimum absolute atomic E-state index is 0.0674. The topological polar surface area (TPSA) is 66.5 Å². The van der Waals surface area contributed by atoms with E-state index in [4.69, 9.17) is 0 Å². The molecule has 1 aliphatic rings. The number of amides is 1. The quantitative estimate of drug-likeness (QED) is 0.880. The number of thiophene rings is 1. The number of carbonyl (C=O) groups is 1. The molecule has 1 aliphatic heterocycles. The first-order valence-corrected chi connectivity index (χ1v) is 7.63. The lowest BCUT2D eigenvalue weighted by Crippen LogP contribution is -2.37. The number of hydrogen-bond donors (Lipinski definition) is 1. The van der Waals surface area contributed by atoms with E-state index in [1.54, 1.807) is 17.5 Å². The smallest absolute Gasteiger partial charge is 0.252 e. The number of nitrogens with zero attached hydrogens (tertiary/aromatic N) is 1. The van der Waals surface area contributed by atoms with E-state index in [9.17, 15) is 13.2 Å². The summed E-state index contributed by atoms with van der Waals surface area (Å²) in [4.78, 5) is 10.9. The second-order valence-corrected chi connectivity index (χ2v) is 7.09. The van der Waals surface area contributed by atoms with Gasteiger partial charge < -0.3 is 5.32 Å². The lowest BCUT2D eigenvalue weighted by atomic mass is 10.3.